The molecule has 0 saturated carbocycles. The highest BCUT2D eigenvalue weighted by Gasteiger charge is 2.21. The van der Waals surface area contributed by atoms with E-state index in [0.717, 1.165) is 25.3 Å². The summed E-state index contributed by atoms with van der Waals surface area (Å²) in [5, 5.41) is 20.0. The summed E-state index contributed by atoms with van der Waals surface area (Å²) in [6, 6.07) is 4.80. The lowest BCUT2D eigenvalue weighted by Crippen LogP contribution is -2.14. The van der Waals surface area contributed by atoms with Crippen molar-refractivity contribution in [3.8, 4) is 11.5 Å². The van der Waals surface area contributed by atoms with Crippen LogP contribution in [0, 0.1) is 11.6 Å². The molecule has 8 heteroatoms. The Kier molecular flexibility index (Phi) is 5.84. The molecule has 0 amide bonds. The minimum atomic E-state index is -4.31. The van der Waals surface area contributed by atoms with Crippen LogP contribution in [0.25, 0.3) is 0 Å². The van der Waals surface area contributed by atoms with Crippen molar-refractivity contribution in [2.75, 3.05) is 4.72 Å². The number of anilines is 1. The SMILES string of the molecule is CCCCCc1cc(O)c(NS(=O)(=O)c2ccc(F)c(F)c2)c(O)c1. The van der Waals surface area contributed by atoms with Crippen LogP contribution in [-0.2, 0) is 16.4 Å². The fourth-order valence-electron chi connectivity index (χ4n) is 2.33. The summed E-state index contributed by atoms with van der Waals surface area (Å²) in [7, 11) is -4.31. The van der Waals surface area contributed by atoms with Crippen molar-refractivity contribution in [3.63, 3.8) is 0 Å². The Hall–Kier alpha value is -2.35. The molecule has 0 fully saturated rings. The number of aromatic hydroxyl groups is 2. The molecule has 0 aliphatic heterocycles. The molecule has 5 nitrogen and oxygen atoms in total. The van der Waals surface area contributed by atoms with Crippen molar-refractivity contribution in [2.24, 2.45) is 0 Å². The van der Waals surface area contributed by atoms with Gasteiger partial charge in [-0.3, -0.25) is 4.72 Å². The van der Waals surface area contributed by atoms with Crippen LogP contribution in [0.5, 0.6) is 11.5 Å². The Morgan fingerprint density at radius 2 is 1.64 bits per heavy atom. The first kappa shape index (κ1) is 19.0. The molecule has 3 N–H and O–H groups in total. The number of rotatable bonds is 7. The molecule has 0 aliphatic rings. The summed E-state index contributed by atoms with van der Waals surface area (Å²) in [5.74, 6) is -3.39. The lowest BCUT2D eigenvalue weighted by Gasteiger charge is -2.13. The van der Waals surface area contributed by atoms with Crippen LogP contribution in [0.4, 0.5) is 14.5 Å². The summed E-state index contributed by atoms with van der Waals surface area (Å²) >= 11 is 0. The van der Waals surface area contributed by atoms with Gasteiger partial charge in [0, 0.05) is 0 Å². The van der Waals surface area contributed by atoms with E-state index < -0.39 is 43.7 Å². The highest BCUT2D eigenvalue weighted by atomic mass is 32.2. The molecule has 0 heterocycles. The van der Waals surface area contributed by atoms with E-state index in [0.29, 0.717) is 24.1 Å². The Bertz CT molecular complexity index is 846. The van der Waals surface area contributed by atoms with E-state index >= 15 is 0 Å². The predicted molar refractivity (Wildman–Crippen MR) is 90.2 cm³/mol. The number of sulfonamides is 1. The second kappa shape index (κ2) is 7.69. The molecule has 0 spiro atoms. The maximum atomic E-state index is 13.2. The molecule has 0 aromatic heterocycles. The Labute approximate surface area is 145 Å². The second-order valence-corrected chi connectivity index (χ2v) is 7.33. The number of aryl methyl sites for hydroxylation is 1. The third-order valence-corrected chi connectivity index (χ3v) is 5.01. The molecule has 0 atom stereocenters. The van der Waals surface area contributed by atoms with Crippen LogP contribution in [0.2, 0.25) is 0 Å². The van der Waals surface area contributed by atoms with Crippen molar-refractivity contribution in [2.45, 2.75) is 37.5 Å². The van der Waals surface area contributed by atoms with Crippen molar-refractivity contribution in [1.82, 2.24) is 0 Å². The molecule has 0 bridgehead atoms. The van der Waals surface area contributed by atoms with Crippen LogP contribution in [0.3, 0.4) is 0 Å². The van der Waals surface area contributed by atoms with E-state index in [4.69, 9.17) is 0 Å². The number of unbranched alkanes of at least 4 members (excludes halogenated alkanes) is 2. The zero-order chi connectivity index (χ0) is 18.6. The minimum Gasteiger partial charge on any atom is -0.506 e. The summed E-state index contributed by atoms with van der Waals surface area (Å²) in [5.41, 5.74) is 0.253. The van der Waals surface area contributed by atoms with Gasteiger partial charge in [-0.25, -0.2) is 17.2 Å². The fourth-order valence-corrected chi connectivity index (χ4v) is 3.44. The van der Waals surface area contributed by atoms with Crippen LogP contribution in [-0.4, -0.2) is 18.6 Å². The van der Waals surface area contributed by atoms with Crippen LogP contribution in [0.1, 0.15) is 31.7 Å². The normalized spacial score (nSPS) is 11.5. The maximum absolute atomic E-state index is 13.2. The van der Waals surface area contributed by atoms with Gasteiger partial charge in [0.25, 0.3) is 10.0 Å². The third kappa shape index (κ3) is 4.60. The largest absolute Gasteiger partial charge is 0.506 e. The van der Waals surface area contributed by atoms with E-state index in [9.17, 15) is 27.4 Å². The van der Waals surface area contributed by atoms with E-state index in [2.05, 4.69) is 0 Å². The van der Waals surface area contributed by atoms with E-state index in [1.165, 1.54) is 12.1 Å². The van der Waals surface area contributed by atoms with Crippen LogP contribution < -0.4 is 4.72 Å². The van der Waals surface area contributed by atoms with Gasteiger partial charge in [0.05, 0.1) is 4.90 Å². The summed E-state index contributed by atoms with van der Waals surface area (Å²) in [4.78, 5) is -0.530. The van der Waals surface area contributed by atoms with Gasteiger partial charge < -0.3 is 10.2 Å². The quantitative estimate of drug-likeness (QED) is 0.509. The Morgan fingerprint density at radius 1 is 1.00 bits per heavy atom. The number of hydrogen-bond donors (Lipinski definition) is 3. The molecule has 136 valence electrons. The maximum Gasteiger partial charge on any atom is 0.262 e. The first-order valence-electron chi connectivity index (χ1n) is 7.77. The Balaban J connectivity index is 2.28. The summed E-state index contributed by atoms with van der Waals surface area (Å²) < 4.78 is 52.7. The van der Waals surface area contributed by atoms with Gasteiger partial charge >= 0.3 is 0 Å². The standard InChI is InChI=1S/C17H19F2NO4S/c1-2-3-4-5-11-8-15(21)17(16(22)9-11)20-25(23,24)12-6-7-13(18)14(19)10-12/h6-10,20-22H,2-5H2,1H3. The Morgan fingerprint density at radius 3 is 2.20 bits per heavy atom. The number of benzene rings is 2. The third-order valence-electron chi connectivity index (χ3n) is 3.66. The van der Waals surface area contributed by atoms with Gasteiger partial charge in [0.15, 0.2) is 11.6 Å². The fraction of sp³-hybridized carbons (Fsp3) is 0.294. The molecular formula is C17H19F2NO4S. The zero-order valence-electron chi connectivity index (χ0n) is 13.6. The smallest absolute Gasteiger partial charge is 0.262 e. The molecule has 0 radical (unpaired) electrons. The molecule has 2 rings (SSSR count). The number of nitrogens with one attached hydrogen (secondary N) is 1. The zero-order valence-corrected chi connectivity index (χ0v) is 14.4. The van der Waals surface area contributed by atoms with Crippen molar-refractivity contribution in [1.29, 1.82) is 0 Å². The monoisotopic (exact) mass is 371 g/mol. The lowest BCUT2D eigenvalue weighted by molar-refractivity contribution is 0.453. The van der Waals surface area contributed by atoms with Gasteiger partial charge in [0.1, 0.15) is 17.2 Å². The average molecular weight is 371 g/mol. The number of hydrogen-bond acceptors (Lipinski definition) is 4. The lowest BCUT2D eigenvalue weighted by atomic mass is 10.1. The number of phenols is 2. The molecule has 25 heavy (non-hydrogen) atoms. The van der Waals surface area contributed by atoms with Gasteiger partial charge in [-0.05, 0) is 48.7 Å². The summed E-state index contributed by atoms with van der Waals surface area (Å²) in [6.07, 6.45) is 3.51. The number of halogens is 2. The van der Waals surface area contributed by atoms with E-state index in [-0.39, 0.29) is 0 Å². The van der Waals surface area contributed by atoms with Gasteiger partial charge in [-0.15, -0.1) is 0 Å². The number of phenolic OH excluding ortho intramolecular Hbond substituents is 2. The molecule has 0 unspecified atom stereocenters. The van der Waals surface area contributed by atoms with E-state index in [1.807, 2.05) is 11.6 Å². The second-order valence-electron chi connectivity index (χ2n) is 5.65. The average Bonchev–Trinajstić information content (AvgIpc) is 2.54. The van der Waals surface area contributed by atoms with Crippen LogP contribution >= 0.6 is 0 Å². The topological polar surface area (TPSA) is 86.6 Å². The predicted octanol–water partition coefficient (Wildman–Crippen LogP) is 3.91. The van der Waals surface area contributed by atoms with Gasteiger partial charge in [-0.1, -0.05) is 19.8 Å². The van der Waals surface area contributed by atoms with Crippen molar-refractivity contribution in [3.05, 3.63) is 47.5 Å². The van der Waals surface area contributed by atoms with Gasteiger partial charge in [-0.2, -0.15) is 0 Å². The highest BCUT2D eigenvalue weighted by molar-refractivity contribution is 7.92. The molecule has 0 saturated heterocycles. The molecule has 2 aromatic rings. The first-order valence-corrected chi connectivity index (χ1v) is 9.25. The summed E-state index contributed by atoms with van der Waals surface area (Å²) in [6.45, 7) is 2.05. The van der Waals surface area contributed by atoms with Crippen molar-refractivity contribution < 1.29 is 27.4 Å². The molecule has 0 aliphatic carbocycles. The first-order chi connectivity index (χ1) is 11.7. The minimum absolute atomic E-state index is 0.413. The molecular weight excluding hydrogens is 352 g/mol. The highest BCUT2D eigenvalue weighted by Crippen LogP contribution is 2.36. The molecule has 2 aromatic carbocycles. The van der Waals surface area contributed by atoms with E-state index in [1.54, 1.807) is 0 Å². The van der Waals surface area contributed by atoms with Crippen molar-refractivity contribution >= 4 is 15.7 Å². The van der Waals surface area contributed by atoms with Gasteiger partial charge in [0.2, 0.25) is 0 Å². The van der Waals surface area contributed by atoms with Crippen LogP contribution in [0.15, 0.2) is 35.2 Å².